The fraction of sp³-hybridized carbons (Fsp3) is 0.583. The Kier molecular flexibility index (Phi) is 4.94. The van der Waals surface area contributed by atoms with Crippen LogP contribution in [0.2, 0.25) is 0 Å². The molecule has 3 N–H and O–H groups in total. The first-order valence-corrected chi connectivity index (χ1v) is 6.45. The summed E-state index contributed by atoms with van der Waals surface area (Å²) >= 11 is 0. The number of nitrogen functional groups attached to an aromatic ring is 1. The quantitative estimate of drug-likeness (QED) is 0.692. The molecule has 8 nitrogen and oxygen atoms in total. The van der Waals surface area contributed by atoms with E-state index in [1.165, 1.54) is 4.68 Å². The summed E-state index contributed by atoms with van der Waals surface area (Å²) in [4.78, 5) is 23.1. The Hall–Kier alpha value is -2.09. The Bertz CT molecular complexity index is 468. The number of ether oxygens (including phenoxy) is 2. The summed E-state index contributed by atoms with van der Waals surface area (Å²) < 4.78 is 11.4. The molecule has 0 radical (unpaired) electrons. The molecule has 1 amide bonds. The SMILES string of the molecule is Nc1ccn(CC(=O)OCC(=O)NC2CCOCC2)n1. The monoisotopic (exact) mass is 282 g/mol. The molecule has 110 valence electrons. The molecule has 8 heteroatoms. The van der Waals surface area contributed by atoms with Crippen LogP contribution in [0, 0.1) is 0 Å². The van der Waals surface area contributed by atoms with Gasteiger partial charge in [0.1, 0.15) is 12.4 Å². The molecule has 0 aliphatic carbocycles. The van der Waals surface area contributed by atoms with Crippen molar-refractivity contribution in [1.29, 1.82) is 0 Å². The highest BCUT2D eigenvalue weighted by Crippen LogP contribution is 2.05. The Morgan fingerprint density at radius 2 is 2.25 bits per heavy atom. The van der Waals surface area contributed by atoms with Gasteiger partial charge in [-0.3, -0.25) is 14.3 Å². The summed E-state index contributed by atoms with van der Waals surface area (Å²) in [5.41, 5.74) is 5.42. The molecule has 0 atom stereocenters. The minimum Gasteiger partial charge on any atom is -0.454 e. The Morgan fingerprint density at radius 3 is 2.90 bits per heavy atom. The van der Waals surface area contributed by atoms with Crippen molar-refractivity contribution in [2.24, 2.45) is 0 Å². The van der Waals surface area contributed by atoms with Crippen molar-refractivity contribution in [1.82, 2.24) is 15.1 Å². The van der Waals surface area contributed by atoms with E-state index in [1.54, 1.807) is 12.3 Å². The number of hydrogen-bond acceptors (Lipinski definition) is 6. The van der Waals surface area contributed by atoms with Crippen LogP contribution in [0.1, 0.15) is 12.8 Å². The lowest BCUT2D eigenvalue weighted by Crippen LogP contribution is -2.41. The smallest absolute Gasteiger partial charge is 0.328 e. The molecule has 2 rings (SSSR count). The molecule has 0 unspecified atom stereocenters. The summed E-state index contributed by atoms with van der Waals surface area (Å²) in [6, 6.07) is 1.67. The average Bonchev–Trinajstić information content (AvgIpc) is 2.83. The van der Waals surface area contributed by atoms with E-state index in [-0.39, 0.29) is 25.1 Å². The van der Waals surface area contributed by atoms with Gasteiger partial charge in [0, 0.05) is 25.5 Å². The van der Waals surface area contributed by atoms with E-state index in [0.29, 0.717) is 19.0 Å². The maximum Gasteiger partial charge on any atom is 0.328 e. The van der Waals surface area contributed by atoms with Gasteiger partial charge in [0.15, 0.2) is 6.61 Å². The normalized spacial score (nSPS) is 15.8. The van der Waals surface area contributed by atoms with Crippen LogP contribution in [-0.4, -0.2) is 47.5 Å². The van der Waals surface area contributed by atoms with Crippen molar-refractivity contribution < 1.29 is 19.1 Å². The number of nitrogens with two attached hydrogens (primary N) is 1. The summed E-state index contributed by atoms with van der Waals surface area (Å²) in [6.45, 7) is 0.936. The summed E-state index contributed by atoms with van der Waals surface area (Å²) in [5.74, 6) is -0.504. The van der Waals surface area contributed by atoms with Crippen molar-refractivity contribution in [2.75, 3.05) is 25.6 Å². The zero-order valence-electron chi connectivity index (χ0n) is 11.1. The summed E-state index contributed by atoms with van der Waals surface area (Å²) in [7, 11) is 0. The van der Waals surface area contributed by atoms with Gasteiger partial charge in [-0.05, 0) is 18.9 Å². The maximum atomic E-state index is 11.6. The molecule has 1 aliphatic rings. The number of hydrogen-bond donors (Lipinski definition) is 2. The van der Waals surface area contributed by atoms with Crippen LogP contribution in [0.15, 0.2) is 12.3 Å². The van der Waals surface area contributed by atoms with Crippen molar-refractivity contribution in [3.63, 3.8) is 0 Å². The largest absolute Gasteiger partial charge is 0.454 e. The van der Waals surface area contributed by atoms with E-state index in [4.69, 9.17) is 15.2 Å². The molecule has 1 aromatic rings. The first kappa shape index (κ1) is 14.3. The second kappa shape index (κ2) is 6.90. The first-order chi connectivity index (χ1) is 9.63. The molecule has 2 heterocycles. The number of carbonyl (C=O) groups excluding carboxylic acids is 2. The lowest BCUT2D eigenvalue weighted by Gasteiger charge is -2.22. The zero-order valence-corrected chi connectivity index (χ0v) is 11.1. The van der Waals surface area contributed by atoms with Crippen LogP contribution < -0.4 is 11.1 Å². The number of esters is 1. The fourth-order valence-corrected chi connectivity index (χ4v) is 1.90. The van der Waals surface area contributed by atoms with Gasteiger partial charge in [0.2, 0.25) is 0 Å². The molecule has 0 spiro atoms. The van der Waals surface area contributed by atoms with Gasteiger partial charge >= 0.3 is 5.97 Å². The minimum atomic E-state index is -0.532. The van der Waals surface area contributed by atoms with Crippen LogP contribution >= 0.6 is 0 Å². The van der Waals surface area contributed by atoms with Gasteiger partial charge in [-0.1, -0.05) is 0 Å². The van der Waals surface area contributed by atoms with E-state index in [0.717, 1.165) is 12.8 Å². The Morgan fingerprint density at radius 1 is 1.50 bits per heavy atom. The number of nitrogens with one attached hydrogen (secondary N) is 1. The van der Waals surface area contributed by atoms with E-state index >= 15 is 0 Å². The molecule has 1 aliphatic heterocycles. The highest BCUT2D eigenvalue weighted by molar-refractivity contribution is 5.80. The van der Waals surface area contributed by atoms with Crippen LogP contribution in [-0.2, 0) is 25.6 Å². The van der Waals surface area contributed by atoms with E-state index < -0.39 is 5.97 Å². The predicted molar refractivity (Wildman–Crippen MR) is 69.6 cm³/mol. The Balaban J connectivity index is 1.66. The van der Waals surface area contributed by atoms with Crippen molar-refractivity contribution in [3.8, 4) is 0 Å². The van der Waals surface area contributed by atoms with E-state index in [1.807, 2.05) is 0 Å². The summed E-state index contributed by atoms with van der Waals surface area (Å²) in [6.07, 6.45) is 3.14. The lowest BCUT2D eigenvalue weighted by atomic mass is 10.1. The third kappa shape index (κ3) is 4.54. The second-order valence-electron chi connectivity index (χ2n) is 4.55. The third-order valence-electron chi connectivity index (χ3n) is 2.90. The Labute approximate surface area is 116 Å². The van der Waals surface area contributed by atoms with Crippen molar-refractivity contribution in [2.45, 2.75) is 25.4 Å². The zero-order chi connectivity index (χ0) is 14.4. The van der Waals surface area contributed by atoms with Crippen molar-refractivity contribution >= 4 is 17.7 Å². The van der Waals surface area contributed by atoms with E-state index in [2.05, 4.69) is 10.4 Å². The summed E-state index contributed by atoms with van der Waals surface area (Å²) in [5, 5.41) is 6.65. The van der Waals surface area contributed by atoms with Crippen molar-refractivity contribution in [3.05, 3.63) is 12.3 Å². The fourth-order valence-electron chi connectivity index (χ4n) is 1.90. The molecular formula is C12H18N4O4. The third-order valence-corrected chi connectivity index (χ3v) is 2.90. The predicted octanol–water partition coefficient (Wildman–Crippen LogP) is -0.696. The maximum absolute atomic E-state index is 11.6. The molecule has 1 saturated heterocycles. The van der Waals surface area contributed by atoms with E-state index in [9.17, 15) is 9.59 Å². The second-order valence-corrected chi connectivity index (χ2v) is 4.55. The number of nitrogens with zero attached hydrogens (tertiary/aromatic N) is 2. The van der Waals surface area contributed by atoms with Gasteiger partial charge in [0.25, 0.3) is 5.91 Å². The molecule has 0 saturated carbocycles. The number of rotatable bonds is 5. The van der Waals surface area contributed by atoms with Gasteiger partial charge < -0.3 is 20.5 Å². The molecule has 0 aromatic carbocycles. The molecule has 1 aromatic heterocycles. The number of carbonyl (C=O) groups is 2. The van der Waals surface area contributed by atoms with Crippen LogP contribution in [0.25, 0.3) is 0 Å². The van der Waals surface area contributed by atoms with Gasteiger partial charge in [-0.2, -0.15) is 5.10 Å². The van der Waals surface area contributed by atoms with Crippen LogP contribution in [0.5, 0.6) is 0 Å². The number of anilines is 1. The van der Waals surface area contributed by atoms with Gasteiger partial charge in [-0.15, -0.1) is 0 Å². The molecule has 20 heavy (non-hydrogen) atoms. The molecule has 1 fully saturated rings. The number of amides is 1. The highest BCUT2D eigenvalue weighted by Gasteiger charge is 2.17. The minimum absolute atomic E-state index is 0.0677. The average molecular weight is 282 g/mol. The van der Waals surface area contributed by atoms with Gasteiger partial charge in [-0.25, -0.2) is 0 Å². The topological polar surface area (TPSA) is 108 Å². The molecule has 0 bridgehead atoms. The molecular weight excluding hydrogens is 264 g/mol. The first-order valence-electron chi connectivity index (χ1n) is 6.45. The lowest BCUT2D eigenvalue weighted by molar-refractivity contribution is -0.149. The van der Waals surface area contributed by atoms with Crippen LogP contribution in [0.3, 0.4) is 0 Å². The highest BCUT2D eigenvalue weighted by atomic mass is 16.5. The number of aromatic nitrogens is 2. The van der Waals surface area contributed by atoms with Gasteiger partial charge in [0.05, 0.1) is 0 Å². The van der Waals surface area contributed by atoms with Crippen LogP contribution in [0.4, 0.5) is 5.82 Å². The standard InChI is InChI=1S/C12H18N4O4/c13-10-1-4-16(15-10)7-12(18)20-8-11(17)14-9-2-5-19-6-3-9/h1,4,9H,2-3,5-8H2,(H2,13,15)(H,14,17).